The van der Waals surface area contributed by atoms with Gasteiger partial charge in [-0.05, 0) is 30.5 Å². The molecule has 0 saturated carbocycles. The molecule has 1 saturated heterocycles. The fraction of sp³-hybridized carbons (Fsp3) is 0.412. The number of rotatable bonds is 5. The number of hydrogen-bond donors (Lipinski definition) is 0. The lowest BCUT2D eigenvalue weighted by Gasteiger charge is -2.24. The van der Waals surface area contributed by atoms with Crippen molar-refractivity contribution in [1.82, 2.24) is 9.88 Å². The van der Waals surface area contributed by atoms with Crippen molar-refractivity contribution in [3.05, 3.63) is 45.9 Å². The van der Waals surface area contributed by atoms with Crippen LogP contribution in [0.1, 0.15) is 39.9 Å². The number of nitrogens with zero attached hydrogens (tertiary/aromatic N) is 2. The molecule has 122 valence electrons. The van der Waals surface area contributed by atoms with E-state index in [9.17, 15) is 4.79 Å². The summed E-state index contributed by atoms with van der Waals surface area (Å²) in [6.45, 7) is 1.21. The SMILES string of the molecule is COCc1nc(C(=O)N2CCC[C@@H]2c2ccc(OC)cc2)cs1. The molecular weight excluding hydrogens is 312 g/mol. The van der Waals surface area contributed by atoms with Gasteiger partial charge in [0, 0.05) is 19.0 Å². The third-order valence-electron chi connectivity index (χ3n) is 4.05. The summed E-state index contributed by atoms with van der Waals surface area (Å²) in [6.07, 6.45) is 1.99. The van der Waals surface area contributed by atoms with Gasteiger partial charge >= 0.3 is 0 Å². The predicted octanol–water partition coefficient (Wildman–Crippen LogP) is 3.28. The van der Waals surface area contributed by atoms with Gasteiger partial charge in [-0.25, -0.2) is 4.98 Å². The molecule has 1 aliphatic heterocycles. The highest BCUT2D eigenvalue weighted by Gasteiger charge is 2.31. The van der Waals surface area contributed by atoms with Crippen LogP contribution in [-0.4, -0.2) is 36.6 Å². The lowest BCUT2D eigenvalue weighted by molar-refractivity contribution is 0.0730. The summed E-state index contributed by atoms with van der Waals surface area (Å²) in [5.41, 5.74) is 1.66. The molecule has 0 bridgehead atoms. The minimum Gasteiger partial charge on any atom is -0.497 e. The molecule has 23 heavy (non-hydrogen) atoms. The highest BCUT2D eigenvalue weighted by atomic mass is 32.1. The second kappa shape index (κ2) is 7.10. The normalized spacial score (nSPS) is 17.5. The highest BCUT2D eigenvalue weighted by Crippen LogP contribution is 2.34. The van der Waals surface area contributed by atoms with Gasteiger partial charge in [0.25, 0.3) is 5.91 Å². The molecule has 0 radical (unpaired) electrons. The zero-order chi connectivity index (χ0) is 16.2. The number of ether oxygens (including phenoxy) is 2. The Kier molecular flexibility index (Phi) is 4.93. The molecule has 1 aromatic heterocycles. The zero-order valence-electron chi connectivity index (χ0n) is 13.3. The van der Waals surface area contributed by atoms with Crippen LogP contribution in [0.4, 0.5) is 0 Å². The molecule has 0 N–H and O–H groups in total. The van der Waals surface area contributed by atoms with Crippen molar-refractivity contribution in [2.75, 3.05) is 20.8 Å². The van der Waals surface area contributed by atoms with Crippen LogP contribution in [0, 0.1) is 0 Å². The van der Waals surface area contributed by atoms with Gasteiger partial charge in [-0.15, -0.1) is 11.3 Å². The summed E-state index contributed by atoms with van der Waals surface area (Å²) in [5, 5.41) is 2.65. The Hall–Kier alpha value is -1.92. The van der Waals surface area contributed by atoms with Crippen LogP contribution in [0.25, 0.3) is 0 Å². The molecule has 1 atom stereocenters. The number of methoxy groups -OCH3 is 2. The van der Waals surface area contributed by atoms with Crippen molar-refractivity contribution < 1.29 is 14.3 Å². The summed E-state index contributed by atoms with van der Waals surface area (Å²) >= 11 is 1.46. The molecule has 1 amide bonds. The topological polar surface area (TPSA) is 51.7 Å². The van der Waals surface area contributed by atoms with Gasteiger partial charge in [-0.1, -0.05) is 12.1 Å². The minimum atomic E-state index is 0.00178. The molecule has 1 aromatic carbocycles. The van der Waals surface area contributed by atoms with Crippen LogP contribution < -0.4 is 4.74 Å². The second-order valence-electron chi connectivity index (χ2n) is 5.49. The number of carbonyl (C=O) groups excluding carboxylic acids is 1. The van der Waals surface area contributed by atoms with Crippen LogP contribution in [0.2, 0.25) is 0 Å². The third kappa shape index (κ3) is 3.38. The lowest BCUT2D eigenvalue weighted by Crippen LogP contribution is -2.30. The Morgan fingerprint density at radius 1 is 1.35 bits per heavy atom. The molecule has 0 spiro atoms. The molecule has 0 aliphatic carbocycles. The van der Waals surface area contributed by atoms with E-state index in [1.807, 2.05) is 34.5 Å². The number of carbonyl (C=O) groups is 1. The number of likely N-dealkylation sites (tertiary alicyclic amines) is 1. The maximum absolute atomic E-state index is 12.8. The van der Waals surface area contributed by atoms with Gasteiger partial charge in [0.05, 0.1) is 19.8 Å². The monoisotopic (exact) mass is 332 g/mol. The van der Waals surface area contributed by atoms with Crippen molar-refractivity contribution in [3.63, 3.8) is 0 Å². The molecule has 3 rings (SSSR count). The first-order valence-electron chi connectivity index (χ1n) is 7.61. The largest absolute Gasteiger partial charge is 0.497 e. The third-order valence-corrected chi connectivity index (χ3v) is 4.88. The van der Waals surface area contributed by atoms with Crippen LogP contribution in [0.15, 0.2) is 29.6 Å². The first-order chi connectivity index (χ1) is 11.2. The maximum Gasteiger partial charge on any atom is 0.273 e. The van der Waals surface area contributed by atoms with Crippen molar-refractivity contribution >= 4 is 17.2 Å². The zero-order valence-corrected chi connectivity index (χ0v) is 14.1. The number of thiazole rings is 1. The highest BCUT2D eigenvalue weighted by molar-refractivity contribution is 7.09. The fourth-order valence-corrected chi connectivity index (χ4v) is 3.67. The van der Waals surface area contributed by atoms with Crippen LogP contribution in [0.3, 0.4) is 0 Å². The molecule has 2 heterocycles. The van der Waals surface area contributed by atoms with Crippen LogP contribution in [0.5, 0.6) is 5.75 Å². The van der Waals surface area contributed by atoms with E-state index in [0.29, 0.717) is 12.3 Å². The molecule has 1 aliphatic rings. The van der Waals surface area contributed by atoms with E-state index in [1.54, 1.807) is 14.2 Å². The van der Waals surface area contributed by atoms with Crippen LogP contribution in [-0.2, 0) is 11.3 Å². The summed E-state index contributed by atoms with van der Waals surface area (Å²) in [4.78, 5) is 19.1. The standard InChI is InChI=1S/C17H20N2O3S/c1-21-10-16-18-14(11-23-16)17(20)19-9-3-4-15(19)12-5-7-13(22-2)8-6-12/h5-8,11,15H,3-4,9-10H2,1-2H3/t15-/m1/s1. The van der Waals surface area contributed by atoms with Crippen LogP contribution >= 0.6 is 11.3 Å². The van der Waals surface area contributed by atoms with Gasteiger partial charge in [-0.2, -0.15) is 0 Å². The Morgan fingerprint density at radius 2 is 2.13 bits per heavy atom. The average molecular weight is 332 g/mol. The molecule has 1 fully saturated rings. The number of aromatic nitrogens is 1. The quantitative estimate of drug-likeness (QED) is 0.843. The smallest absolute Gasteiger partial charge is 0.273 e. The Balaban J connectivity index is 1.78. The summed E-state index contributed by atoms with van der Waals surface area (Å²) in [6, 6.07) is 8.06. The summed E-state index contributed by atoms with van der Waals surface area (Å²) in [5.74, 6) is 0.829. The van der Waals surface area contributed by atoms with Gasteiger partial charge in [-0.3, -0.25) is 4.79 Å². The molecule has 2 aromatic rings. The second-order valence-corrected chi connectivity index (χ2v) is 6.43. The summed E-state index contributed by atoms with van der Waals surface area (Å²) in [7, 11) is 3.28. The van der Waals surface area contributed by atoms with E-state index in [1.165, 1.54) is 11.3 Å². The van der Waals surface area contributed by atoms with E-state index in [2.05, 4.69) is 4.98 Å². The van der Waals surface area contributed by atoms with E-state index < -0.39 is 0 Å². The van der Waals surface area contributed by atoms with Gasteiger partial charge in [0.1, 0.15) is 16.5 Å². The van der Waals surface area contributed by atoms with Crippen molar-refractivity contribution in [2.24, 2.45) is 0 Å². The molecular formula is C17H20N2O3S. The van der Waals surface area contributed by atoms with Gasteiger partial charge in [0.15, 0.2) is 0 Å². The Labute approximate surface area is 139 Å². The van der Waals surface area contributed by atoms with Gasteiger partial charge < -0.3 is 14.4 Å². The first kappa shape index (κ1) is 16.0. The summed E-state index contributed by atoms with van der Waals surface area (Å²) < 4.78 is 10.3. The van der Waals surface area contributed by atoms with E-state index in [-0.39, 0.29) is 11.9 Å². The number of benzene rings is 1. The predicted molar refractivity (Wildman–Crippen MR) is 88.8 cm³/mol. The number of amides is 1. The fourth-order valence-electron chi connectivity index (χ4n) is 2.93. The van der Waals surface area contributed by atoms with Crippen molar-refractivity contribution in [3.8, 4) is 5.75 Å². The van der Waals surface area contributed by atoms with E-state index >= 15 is 0 Å². The molecule has 0 unspecified atom stereocenters. The van der Waals surface area contributed by atoms with Crippen molar-refractivity contribution in [2.45, 2.75) is 25.5 Å². The molecule has 6 heteroatoms. The first-order valence-corrected chi connectivity index (χ1v) is 8.49. The minimum absolute atomic E-state index is 0.00178. The molecule has 5 nitrogen and oxygen atoms in total. The Bertz CT molecular complexity index is 669. The van der Waals surface area contributed by atoms with E-state index in [4.69, 9.17) is 9.47 Å². The number of hydrogen-bond acceptors (Lipinski definition) is 5. The van der Waals surface area contributed by atoms with Crippen molar-refractivity contribution in [1.29, 1.82) is 0 Å². The Morgan fingerprint density at radius 3 is 2.83 bits per heavy atom. The average Bonchev–Trinajstić information content (AvgIpc) is 3.24. The lowest BCUT2D eigenvalue weighted by atomic mass is 10.0. The maximum atomic E-state index is 12.8. The van der Waals surface area contributed by atoms with E-state index in [0.717, 1.165) is 35.7 Å². The van der Waals surface area contributed by atoms with Gasteiger partial charge in [0.2, 0.25) is 0 Å².